The van der Waals surface area contributed by atoms with Gasteiger partial charge in [-0.1, -0.05) is 30.3 Å². The number of alkyl halides is 3. The molecule has 1 amide bonds. The van der Waals surface area contributed by atoms with E-state index < -0.39 is 42.0 Å². The molecule has 0 spiro atoms. The van der Waals surface area contributed by atoms with Crippen molar-refractivity contribution in [2.75, 3.05) is 6.54 Å². The van der Waals surface area contributed by atoms with E-state index in [4.69, 9.17) is 5.26 Å². The summed E-state index contributed by atoms with van der Waals surface area (Å²) < 4.78 is 40.0. The van der Waals surface area contributed by atoms with Crippen LogP contribution in [-0.4, -0.2) is 32.7 Å². The van der Waals surface area contributed by atoms with E-state index in [1.165, 1.54) is 7.05 Å². The second kappa shape index (κ2) is 7.90. The summed E-state index contributed by atoms with van der Waals surface area (Å²) >= 11 is 0. The van der Waals surface area contributed by atoms with Crippen LogP contribution in [0.25, 0.3) is 0 Å². The molecule has 1 heterocycles. The van der Waals surface area contributed by atoms with E-state index in [1.54, 1.807) is 36.4 Å². The van der Waals surface area contributed by atoms with Crippen LogP contribution in [0.4, 0.5) is 13.2 Å². The van der Waals surface area contributed by atoms with E-state index in [0.717, 1.165) is 10.8 Å². The lowest BCUT2D eigenvalue weighted by Crippen LogP contribution is -2.46. The van der Waals surface area contributed by atoms with Crippen molar-refractivity contribution in [3.05, 3.63) is 68.5 Å². The van der Waals surface area contributed by atoms with Crippen molar-refractivity contribution >= 4 is 5.91 Å². The first kappa shape index (κ1) is 20.0. The Bertz CT molecular complexity index is 988. The number of aromatic nitrogens is 2. The maximum Gasteiger partial charge on any atom is 0.406 e. The molecule has 0 saturated heterocycles. The molecule has 0 N–H and O–H groups in total. The van der Waals surface area contributed by atoms with Gasteiger partial charge < -0.3 is 9.47 Å². The molecule has 0 unspecified atom stereocenters. The summed E-state index contributed by atoms with van der Waals surface area (Å²) in [5.74, 6) is -1.06. The summed E-state index contributed by atoms with van der Waals surface area (Å²) in [7, 11) is 1.26. The van der Waals surface area contributed by atoms with E-state index in [2.05, 4.69) is 0 Å². The maximum absolute atomic E-state index is 12.9. The first-order valence-electron chi connectivity index (χ1n) is 7.71. The van der Waals surface area contributed by atoms with Crippen LogP contribution in [0.5, 0.6) is 0 Å². The average Bonchev–Trinajstić information content (AvgIpc) is 2.60. The number of halogens is 3. The van der Waals surface area contributed by atoms with Gasteiger partial charge in [-0.25, -0.2) is 9.36 Å². The minimum absolute atomic E-state index is 0.341. The molecule has 0 saturated carbocycles. The number of benzene rings is 1. The lowest BCUT2D eigenvalue weighted by Gasteiger charge is -2.24. The highest BCUT2D eigenvalue weighted by molar-refractivity contribution is 5.76. The van der Waals surface area contributed by atoms with Crippen LogP contribution in [0.15, 0.2) is 46.1 Å². The second-order valence-electron chi connectivity index (χ2n) is 5.79. The largest absolute Gasteiger partial charge is 0.406 e. The number of amides is 1. The third-order valence-electron chi connectivity index (χ3n) is 3.68. The molecule has 27 heavy (non-hydrogen) atoms. The molecule has 2 aromatic rings. The second-order valence-corrected chi connectivity index (χ2v) is 5.79. The van der Waals surface area contributed by atoms with Gasteiger partial charge in [-0.15, -0.1) is 0 Å². The number of nitrogens with zero attached hydrogens (tertiary/aromatic N) is 4. The van der Waals surface area contributed by atoms with Gasteiger partial charge in [0.25, 0.3) is 5.56 Å². The van der Waals surface area contributed by atoms with E-state index in [0.29, 0.717) is 15.0 Å². The van der Waals surface area contributed by atoms with Crippen molar-refractivity contribution in [1.29, 1.82) is 5.26 Å². The highest BCUT2D eigenvalue weighted by Crippen LogP contribution is 2.18. The molecule has 7 nitrogen and oxygen atoms in total. The van der Waals surface area contributed by atoms with Crippen LogP contribution in [0.3, 0.4) is 0 Å². The molecule has 0 bridgehead atoms. The Balaban J connectivity index is 2.37. The molecule has 0 radical (unpaired) electrons. The van der Waals surface area contributed by atoms with Crippen LogP contribution in [-0.2, 0) is 24.9 Å². The first-order valence-corrected chi connectivity index (χ1v) is 7.71. The molecular formula is C17H15F3N4O3. The van der Waals surface area contributed by atoms with E-state index >= 15 is 0 Å². The molecule has 142 valence electrons. The molecule has 0 fully saturated rings. The number of aryl methyl sites for hydroxylation is 1. The fraction of sp³-hybridized carbons (Fsp3) is 0.294. The average molecular weight is 380 g/mol. The molecular weight excluding hydrogens is 365 g/mol. The van der Waals surface area contributed by atoms with Crippen LogP contribution in [0, 0.1) is 11.3 Å². The van der Waals surface area contributed by atoms with Gasteiger partial charge in [0.1, 0.15) is 24.7 Å². The van der Waals surface area contributed by atoms with Gasteiger partial charge >= 0.3 is 11.9 Å². The molecule has 0 aliphatic carbocycles. The number of carbonyl (C=O) groups is 1. The topological polar surface area (TPSA) is 88.1 Å². The zero-order valence-corrected chi connectivity index (χ0v) is 14.2. The summed E-state index contributed by atoms with van der Waals surface area (Å²) in [6.07, 6.45) is -3.65. The Labute approximate surface area is 151 Å². The van der Waals surface area contributed by atoms with Crippen molar-refractivity contribution in [3.63, 3.8) is 0 Å². The van der Waals surface area contributed by atoms with Crippen molar-refractivity contribution < 1.29 is 18.0 Å². The summed E-state index contributed by atoms with van der Waals surface area (Å²) in [5, 5.41) is 8.93. The number of carbonyl (C=O) groups excluding carboxylic acids is 1. The Hall–Kier alpha value is -3.35. The lowest BCUT2D eigenvalue weighted by molar-refractivity contribution is -0.162. The number of hydrogen-bond acceptors (Lipinski definition) is 4. The van der Waals surface area contributed by atoms with Gasteiger partial charge in [0.15, 0.2) is 0 Å². The van der Waals surface area contributed by atoms with Gasteiger partial charge in [-0.05, 0) is 5.56 Å². The summed E-state index contributed by atoms with van der Waals surface area (Å²) in [5.41, 5.74) is -1.86. The van der Waals surface area contributed by atoms with Crippen molar-refractivity contribution in [2.24, 2.45) is 7.05 Å². The summed E-state index contributed by atoms with van der Waals surface area (Å²) in [6, 6.07) is 9.60. The zero-order valence-electron chi connectivity index (χ0n) is 14.2. The molecule has 1 aromatic carbocycles. The maximum atomic E-state index is 12.9. The Morgan fingerprint density at radius 1 is 1.22 bits per heavy atom. The Morgan fingerprint density at radius 3 is 2.41 bits per heavy atom. The summed E-state index contributed by atoms with van der Waals surface area (Å²) in [6.45, 7) is -2.77. The molecule has 0 aliphatic rings. The number of hydrogen-bond donors (Lipinski definition) is 0. The van der Waals surface area contributed by atoms with E-state index in [1.807, 2.05) is 0 Å². The molecule has 10 heteroatoms. The normalized spacial score (nSPS) is 11.1. The predicted octanol–water partition coefficient (Wildman–Crippen LogP) is 1.01. The fourth-order valence-electron chi connectivity index (χ4n) is 2.43. The minimum Gasteiger partial charge on any atom is -0.328 e. The van der Waals surface area contributed by atoms with Crippen LogP contribution in [0.1, 0.15) is 11.1 Å². The SMILES string of the molecule is Cn1cc(C#N)c(=O)n(CC(=O)N(Cc2ccccc2)CC(F)(F)F)c1=O. The standard InChI is InChI=1S/C17H15F3N4O3/c1-22-9-13(7-21)15(26)24(16(22)27)10-14(25)23(11-17(18,19)20)8-12-5-3-2-4-6-12/h2-6,9H,8,10-11H2,1H3. The van der Waals surface area contributed by atoms with Gasteiger partial charge in [0.05, 0.1) is 0 Å². The quantitative estimate of drug-likeness (QED) is 0.775. The number of nitriles is 1. The summed E-state index contributed by atoms with van der Waals surface area (Å²) in [4.78, 5) is 37.2. The van der Waals surface area contributed by atoms with Crippen LogP contribution >= 0.6 is 0 Å². The van der Waals surface area contributed by atoms with Gasteiger partial charge in [0, 0.05) is 19.8 Å². The van der Waals surface area contributed by atoms with Crippen LogP contribution in [0.2, 0.25) is 0 Å². The first-order chi connectivity index (χ1) is 12.6. The zero-order chi connectivity index (χ0) is 20.2. The van der Waals surface area contributed by atoms with Crippen molar-refractivity contribution in [1.82, 2.24) is 14.0 Å². The third kappa shape index (κ3) is 5.07. The smallest absolute Gasteiger partial charge is 0.328 e. The van der Waals surface area contributed by atoms with Gasteiger partial charge in [-0.2, -0.15) is 18.4 Å². The van der Waals surface area contributed by atoms with Gasteiger partial charge in [0.2, 0.25) is 5.91 Å². The Morgan fingerprint density at radius 2 is 1.85 bits per heavy atom. The van der Waals surface area contributed by atoms with Crippen LogP contribution < -0.4 is 11.2 Å². The molecule has 0 atom stereocenters. The Kier molecular flexibility index (Phi) is 5.85. The predicted molar refractivity (Wildman–Crippen MR) is 88.6 cm³/mol. The highest BCUT2D eigenvalue weighted by atomic mass is 19.4. The van der Waals surface area contributed by atoms with Gasteiger partial charge in [-0.3, -0.25) is 9.59 Å². The van der Waals surface area contributed by atoms with E-state index in [9.17, 15) is 27.6 Å². The monoisotopic (exact) mass is 380 g/mol. The lowest BCUT2D eigenvalue weighted by atomic mass is 10.2. The number of rotatable bonds is 5. The third-order valence-corrected chi connectivity index (χ3v) is 3.68. The fourth-order valence-corrected chi connectivity index (χ4v) is 2.43. The van der Waals surface area contributed by atoms with Crippen molar-refractivity contribution in [2.45, 2.75) is 19.3 Å². The molecule has 1 aromatic heterocycles. The molecule has 2 rings (SSSR count). The minimum atomic E-state index is -4.66. The van der Waals surface area contributed by atoms with Crippen molar-refractivity contribution in [3.8, 4) is 6.07 Å². The molecule has 0 aliphatic heterocycles. The highest BCUT2D eigenvalue weighted by Gasteiger charge is 2.33. The van der Waals surface area contributed by atoms with E-state index in [-0.39, 0.29) is 6.54 Å².